The van der Waals surface area contributed by atoms with Crippen LogP contribution in [0, 0.1) is 5.82 Å². The van der Waals surface area contributed by atoms with Crippen molar-refractivity contribution in [1.29, 1.82) is 0 Å². The highest BCUT2D eigenvalue weighted by molar-refractivity contribution is 6.00. The molecule has 0 unspecified atom stereocenters. The largest absolute Gasteiger partial charge is 0.359 e. The van der Waals surface area contributed by atoms with E-state index < -0.39 is 5.54 Å². The van der Waals surface area contributed by atoms with Gasteiger partial charge in [-0.05, 0) is 53.3 Å². The van der Waals surface area contributed by atoms with Crippen LogP contribution in [0.5, 0.6) is 0 Å². The van der Waals surface area contributed by atoms with Gasteiger partial charge in [0.25, 0.3) is 0 Å². The quantitative estimate of drug-likeness (QED) is 0.848. The van der Waals surface area contributed by atoms with Crippen LogP contribution in [0.25, 0.3) is 11.1 Å². The fraction of sp³-hybridized carbons (Fsp3) is 0.263. The van der Waals surface area contributed by atoms with Gasteiger partial charge in [-0.3, -0.25) is 10.1 Å². The molecule has 4 nitrogen and oxygen atoms in total. The number of amides is 1. The van der Waals surface area contributed by atoms with Crippen LogP contribution in [0.2, 0.25) is 0 Å². The number of carbonyl (C=O) groups excluding carboxylic acids is 1. The molecule has 2 aromatic rings. The van der Waals surface area contributed by atoms with Crippen molar-refractivity contribution in [3.05, 3.63) is 59.4 Å². The van der Waals surface area contributed by atoms with Gasteiger partial charge in [-0.15, -0.1) is 0 Å². The normalized spacial score (nSPS) is 22.1. The minimum absolute atomic E-state index is 0.0293. The number of carbonyl (C=O) groups is 1. The molecule has 0 saturated carbocycles. The number of nitrogens with zero attached hydrogens (tertiary/aromatic N) is 1. The number of aliphatic imine (C=N–C) groups is 1. The smallest absolute Gasteiger partial charge is 0.229 e. The zero-order valence-electron chi connectivity index (χ0n) is 13.4. The first-order chi connectivity index (χ1) is 11.6. The van der Waals surface area contributed by atoms with Gasteiger partial charge in [0.15, 0.2) is 5.96 Å². The number of benzene rings is 2. The van der Waals surface area contributed by atoms with Crippen molar-refractivity contribution in [3.63, 3.8) is 0 Å². The third-order valence-corrected chi connectivity index (χ3v) is 4.85. The number of nitrogens with one attached hydrogen (secondary N) is 2. The molecule has 4 rings (SSSR count). The van der Waals surface area contributed by atoms with Crippen LogP contribution in [0.3, 0.4) is 0 Å². The van der Waals surface area contributed by atoms with Crippen LogP contribution in [0.15, 0.2) is 47.5 Å². The van der Waals surface area contributed by atoms with E-state index in [9.17, 15) is 9.18 Å². The van der Waals surface area contributed by atoms with E-state index in [1.54, 1.807) is 13.1 Å². The van der Waals surface area contributed by atoms with E-state index in [1.165, 1.54) is 17.7 Å². The third-order valence-electron chi connectivity index (χ3n) is 4.85. The van der Waals surface area contributed by atoms with Crippen LogP contribution in [-0.2, 0) is 16.8 Å². The molecule has 24 heavy (non-hydrogen) atoms. The number of rotatable bonds is 1. The first-order valence-corrected chi connectivity index (χ1v) is 8.06. The van der Waals surface area contributed by atoms with E-state index in [2.05, 4.69) is 22.8 Å². The van der Waals surface area contributed by atoms with E-state index >= 15 is 0 Å². The molecule has 5 heteroatoms. The van der Waals surface area contributed by atoms with Crippen LogP contribution >= 0.6 is 0 Å². The Hall–Kier alpha value is -2.69. The van der Waals surface area contributed by atoms with Crippen LogP contribution in [0.1, 0.15) is 24.0 Å². The Balaban J connectivity index is 1.83. The molecule has 1 amide bonds. The minimum Gasteiger partial charge on any atom is -0.359 e. The summed E-state index contributed by atoms with van der Waals surface area (Å²) in [5, 5.41) is 5.69. The van der Waals surface area contributed by atoms with E-state index in [-0.39, 0.29) is 11.7 Å². The summed E-state index contributed by atoms with van der Waals surface area (Å²) >= 11 is 0. The summed E-state index contributed by atoms with van der Waals surface area (Å²) < 4.78 is 13.5. The minimum atomic E-state index is -0.515. The molecule has 0 radical (unpaired) electrons. The summed E-state index contributed by atoms with van der Waals surface area (Å²) in [5.41, 5.74) is 3.55. The summed E-state index contributed by atoms with van der Waals surface area (Å²) in [5.74, 6) is 0.226. The molecule has 1 spiro atoms. The molecule has 1 heterocycles. The lowest BCUT2D eigenvalue weighted by Crippen LogP contribution is -2.48. The average molecular weight is 323 g/mol. The van der Waals surface area contributed by atoms with Gasteiger partial charge in [0, 0.05) is 7.05 Å². The zero-order valence-corrected chi connectivity index (χ0v) is 13.4. The second-order valence-electron chi connectivity index (χ2n) is 6.35. The first kappa shape index (κ1) is 14.9. The highest BCUT2D eigenvalue weighted by Crippen LogP contribution is 2.45. The Morgan fingerprint density at radius 1 is 1.21 bits per heavy atom. The molecule has 122 valence electrons. The van der Waals surface area contributed by atoms with Crippen LogP contribution < -0.4 is 10.6 Å². The Labute approximate surface area is 139 Å². The average Bonchev–Trinajstić information content (AvgIpc) is 2.91. The number of halogens is 1. The standard InChI is InChI=1S/C19H18FN3O/c1-21-18-22-17(24)11-19(23-18)8-7-12-5-6-14(10-16(12)19)13-3-2-4-15(20)9-13/h2-6,9-10H,7-8,11H2,1H3,(H2,21,22,23,24)/t19-/m0/s1. The third kappa shape index (κ3) is 2.37. The van der Waals surface area contributed by atoms with Gasteiger partial charge in [-0.1, -0.05) is 24.3 Å². The monoisotopic (exact) mass is 323 g/mol. The maximum Gasteiger partial charge on any atom is 0.229 e. The Kier molecular flexibility index (Phi) is 3.37. The molecule has 2 aromatic carbocycles. The molecule has 0 aromatic heterocycles. The van der Waals surface area contributed by atoms with Gasteiger partial charge in [0.2, 0.25) is 5.91 Å². The molecule has 2 aliphatic rings. The van der Waals surface area contributed by atoms with E-state index in [0.717, 1.165) is 29.5 Å². The predicted octanol–water partition coefficient (Wildman–Crippen LogP) is 2.73. The van der Waals surface area contributed by atoms with Crippen molar-refractivity contribution in [3.8, 4) is 11.1 Å². The lowest BCUT2D eigenvalue weighted by molar-refractivity contribution is -0.121. The fourth-order valence-electron chi connectivity index (χ4n) is 3.69. The molecule has 0 saturated heterocycles. The topological polar surface area (TPSA) is 53.5 Å². The summed E-state index contributed by atoms with van der Waals surface area (Å²) in [7, 11) is 1.75. The maximum absolute atomic E-state index is 13.5. The number of fused-ring (bicyclic) bond motifs is 2. The Morgan fingerprint density at radius 3 is 2.83 bits per heavy atom. The van der Waals surface area contributed by atoms with Gasteiger partial charge in [0.1, 0.15) is 5.82 Å². The molecular formula is C19H18FN3O. The number of guanidine groups is 1. The second kappa shape index (κ2) is 5.44. The highest BCUT2D eigenvalue weighted by atomic mass is 19.1. The van der Waals surface area contributed by atoms with Crippen molar-refractivity contribution < 1.29 is 9.18 Å². The lowest BCUT2D eigenvalue weighted by atomic mass is 9.86. The van der Waals surface area contributed by atoms with Crippen molar-refractivity contribution in [2.45, 2.75) is 24.8 Å². The van der Waals surface area contributed by atoms with Crippen molar-refractivity contribution in [1.82, 2.24) is 10.6 Å². The SMILES string of the molecule is CNC1=N[C@@]2(CCc3ccc(-c4cccc(F)c4)cc32)CC(=O)N1. The van der Waals surface area contributed by atoms with Crippen molar-refractivity contribution in [2.24, 2.45) is 4.99 Å². The fourth-order valence-corrected chi connectivity index (χ4v) is 3.69. The molecule has 0 fully saturated rings. The Bertz CT molecular complexity index is 861. The number of hydrogen-bond acceptors (Lipinski definition) is 3. The Morgan fingerprint density at radius 2 is 2.04 bits per heavy atom. The summed E-state index contributed by atoms with van der Waals surface area (Å²) in [6, 6.07) is 12.7. The van der Waals surface area contributed by atoms with Gasteiger partial charge in [-0.25, -0.2) is 9.38 Å². The molecule has 1 aliphatic heterocycles. The molecule has 1 aliphatic carbocycles. The van der Waals surface area contributed by atoms with Crippen LogP contribution in [0.4, 0.5) is 4.39 Å². The summed E-state index contributed by atoms with van der Waals surface area (Å²) in [4.78, 5) is 16.9. The predicted molar refractivity (Wildman–Crippen MR) is 91.1 cm³/mol. The first-order valence-electron chi connectivity index (χ1n) is 8.06. The van der Waals surface area contributed by atoms with E-state index in [0.29, 0.717) is 12.4 Å². The van der Waals surface area contributed by atoms with Gasteiger partial charge >= 0.3 is 0 Å². The van der Waals surface area contributed by atoms with Gasteiger partial charge in [0.05, 0.1) is 12.0 Å². The van der Waals surface area contributed by atoms with Gasteiger partial charge in [-0.2, -0.15) is 0 Å². The maximum atomic E-state index is 13.5. The number of aryl methyl sites for hydroxylation is 1. The van der Waals surface area contributed by atoms with E-state index in [1.807, 2.05) is 12.1 Å². The number of hydrogen-bond donors (Lipinski definition) is 2. The van der Waals surface area contributed by atoms with Crippen molar-refractivity contribution >= 4 is 11.9 Å². The molecular weight excluding hydrogens is 305 g/mol. The summed E-state index contributed by atoms with van der Waals surface area (Å²) in [6.45, 7) is 0. The molecule has 2 N–H and O–H groups in total. The van der Waals surface area contributed by atoms with Crippen molar-refractivity contribution in [2.75, 3.05) is 7.05 Å². The van der Waals surface area contributed by atoms with Crippen LogP contribution in [-0.4, -0.2) is 18.9 Å². The molecule has 0 bridgehead atoms. The summed E-state index contributed by atoms with van der Waals surface area (Å²) in [6.07, 6.45) is 2.05. The molecule has 1 atom stereocenters. The zero-order chi connectivity index (χ0) is 16.7. The lowest BCUT2D eigenvalue weighted by Gasteiger charge is -2.31. The van der Waals surface area contributed by atoms with E-state index in [4.69, 9.17) is 4.99 Å². The van der Waals surface area contributed by atoms with Gasteiger partial charge < -0.3 is 5.32 Å². The highest BCUT2D eigenvalue weighted by Gasteiger charge is 2.43. The second-order valence-corrected chi connectivity index (χ2v) is 6.35.